The van der Waals surface area contributed by atoms with Crippen LogP contribution in [0.5, 0.6) is 0 Å². The van der Waals surface area contributed by atoms with Gasteiger partial charge in [-0.05, 0) is 12.1 Å². The number of rotatable bonds is 3. The summed E-state index contributed by atoms with van der Waals surface area (Å²) in [5, 5.41) is 19.9. The summed E-state index contributed by atoms with van der Waals surface area (Å²) in [5.41, 5.74) is -0.333. The third-order valence-corrected chi connectivity index (χ3v) is 3.58. The van der Waals surface area contributed by atoms with Crippen molar-refractivity contribution in [1.82, 2.24) is 9.88 Å². The van der Waals surface area contributed by atoms with Crippen LogP contribution in [0.15, 0.2) is 18.3 Å². The van der Waals surface area contributed by atoms with Crippen molar-refractivity contribution < 1.29 is 37.8 Å². The number of amides is 2. The number of aromatic nitrogens is 1. The Balaban J connectivity index is 2.12. The van der Waals surface area contributed by atoms with Crippen LogP contribution >= 0.6 is 0 Å². The molecule has 2 amide bonds. The number of nitrogens with one attached hydrogen (secondary N) is 1. The lowest BCUT2D eigenvalue weighted by Crippen LogP contribution is -2.35. The molecule has 0 spiro atoms. The molecule has 0 bridgehead atoms. The van der Waals surface area contributed by atoms with Crippen LogP contribution in [0.25, 0.3) is 0 Å². The molecule has 1 aliphatic heterocycles. The molecule has 0 aliphatic carbocycles. The number of carbonyl (C=O) groups is 3. The van der Waals surface area contributed by atoms with Gasteiger partial charge in [-0.1, -0.05) is 0 Å². The molecule has 8 nitrogen and oxygen atoms in total. The second kappa shape index (κ2) is 6.34. The zero-order chi connectivity index (χ0) is 18.1. The fraction of sp³-hybridized carbons (Fsp3) is 0.385. The minimum atomic E-state index is -4.74. The summed E-state index contributed by atoms with van der Waals surface area (Å²) >= 11 is 0. The Bertz CT molecular complexity index is 679. The summed E-state index contributed by atoms with van der Waals surface area (Å²) in [6.07, 6.45) is -3.63. The maximum atomic E-state index is 12.9. The van der Waals surface area contributed by atoms with E-state index >= 15 is 0 Å². The highest BCUT2D eigenvalue weighted by Gasteiger charge is 2.53. The molecule has 2 heterocycles. The van der Waals surface area contributed by atoms with E-state index in [1.54, 1.807) is 0 Å². The Labute approximate surface area is 132 Å². The summed E-state index contributed by atoms with van der Waals surface area (Å²) in [4.78, 5) is 38.1. The van der Waals surface area contributed by atoms with Crippen molar-refractivity contribution in [3.8, 4) is 0 Å². The molecule has 2 atom stereocenters. The molecule has 0 saturated carbocycles. The Morgan fingerprint density at radius 2 is 1.92 bits per heavy atom. The maximum absolute atomic E-state index is 12.9. The third-order valence-electron chi connectivity index (χ3n) is 3.58. The minimum absolute atomic E-state index is 0.0229. The van der Waals surface area contributed by atoms with Crippen molar-refractivity contribution >= 4 is 23.7 Å². The van der Waals surface area contributed by atoms with Crippen molar-refractivity contribution in [3.05, 3.63) is 24.0 Å². The lowest BCUT2D eigenvalue weighted by molar-refractivity contribution is -0.187. The molecule has 0 aromatic carbocycles. The second-order valence-corrected chi connectivity index (χ2v) is 5.16. The highest BCUT2D eigenvalue weighted by Crippen LogP contribution is 2.37. The van der Waals surface area contributed by atoms with Gasteiger partial charge in [0.25, 0.3) is 0 Å². The Hall–Kier alpha value is -2.85. The number of nitrogens with zero attached hydrogens (tertiary/aromatic N) is 2. The van der Waals surface area contributed by atoms with E-state index in [9.17, 15) is 27.6 Å². The fourth-order valence-electron chi connectivity index (χ4n) is 2.38. The summed E-state index contributed by atoms with van der Waals surface area (Å²) in [5.74, 6) is -6.88. The molecule has 11 heteroatoms. The van der Waals surface area contributed by atoms with Gasteiger partial charge >= 0.3 is 24.1 Å². The van der Waals surface area contributed by atoms with E-state index in [0.717, 1.165) is 17.2 Å². The van der Waals surface area contributed by atoms with E-state index in [-0.39, 0.29) is 11.4 Å². The van der Waals surface area contributed by atoms with E-state index in [1.807, 2.05) is 0 Å². The van der Waals surface area contributed by atoms with Gasteiger partial charge in [0.1, 0.15) is 5.69 Å². The maximum Gasteiger partial charge on any atom is 0.394 e. The highest BCUT2D eigenvalue weighted by atomic mass is 19.4. The van der Waals surface area contributed by atoms with Crippen LogP contribution in [0.4, 0.5) is 23.7 Å². The number of carboxylic acids is 2. The fourth-order valence-corrected chi connectivity index (χ4v) is 2.38. The first-order chi connectivity index (χ1) is 11.1. The predicted octanol–water partition coefficient (Wildman–Crippen LogP) is 1.51. The first kappa shape index (κ1) is 17.5. The third kappa shape index (κ3) is 3.73. The van der Waals surface area contributed by atoms with Gasteiger partial charge in [-0.25, -0.2) is 14.6 Å². The summed E-state index contributed by atoms with van der Waals surface area (Å²) in [6.45, 7) is -1.38. The van der Waals surface area contributed by atoms with Gasteiger partial charge in [-0.15, -0.1) is 0 Å². The van der Waals surface area contributed by atoms with Crippen LogP contribution in [0.2, 0.25) is 0 Å². The van der Waals surface area contributed by atoms with Crippen molar-refractivity contribution in [2.75, 3.05) is 18.4 Å². The molecular weight excluding hydrogens is 335 g/mol. The van der Waals surface area contributed by atoms with Crippen LogP contribution in [-0.4, -0.2) is 57.3 Å². The van der Waals surface area contributed by atoms with Gasteiger partial charge in [0.05, 0.1) is 11.8 Å². The number of halogens is 3. The lowest BCUT2D eigenvalue weighted by atomic mass is 9.96. The first-order valence-corrected chi connectivity index (χ1v) is 6.64. The molecule has 0 radical (unpaired) electrons. The number of pyridine rings is 1. The average molecular weight is 347 g/mol. The molecule has 3 N–H and O–H groups in total. The Morgan fingerprint density at radius 1 is 1.25 bits per heavy atom. The average Bonchev–Trinajstić information content (AvgIpc) is 2.93. The number of anilines is 1. The van der Waals surface area contributed by atoms with E-state index in [2.05, 4.69) is 10.3 Å². The number of hydrogen-bond acceptors (Lipinski definition) is 4. The second-order valence-electron chi connectivity index (χ2n) is 5.16. The Kier molecular flexibility index (Phi) is 4.62. The number of likely N-dealkylation sites (tertiary alicyclic amines) is 1. The van der Waals surface area contributed by atoms with Gasteiger partial charge in [-0.2, -0.15) is 13.2 Å². The SMILES string of the molecule is O=C(O)c1cc(NC(=O)N2C[C@@H](C(F)(F)F)[C@H](C(=O)O)C2)ccn1. The molecule has 1 fully saturated rings. The number of hydrogen-bond donors (Lipinski definition) is 3. The van der Waals surface area contributed by atoms with Crippen molar-refractivity contribution in [2.24, 2.45) is 11.8 Å². The quantitative estimate of drug-likeness (QED) is 0.762. The zero-order valence-electron chi connectivity index (χ0n) is 11.9. The Morgan fingerprint density at radius 3 is 2.42 bits per heavy atom. The van der Waals surface area contributed by atoms with Gasteiger partial charge in [0.15, 0.2) is 0 Å². The predicted molar refractivity (Wildman–Crippen MR) is 72.5 cm³/mol. The highest BCUT2D eigenvalue weighted by molar-refractivity contribution is 5.92. The molecule has 130 valence electrons. The van der Waals surface area contributed by atoms with Crippen LogP contribution < -0.4 is 5.32 Å². The molecule has 1 aromatic rings. The molecule has 0 unspecified atom stereocenters. The van der Waals surface area contributed by atoms with E-state index in [1.165, 1.54) is 6.07 Å². The summed E-state index contributed by atoms with van der Waals surface area (Å²) < 4.78 is 38.6. The number of carboxylic acid groups (broad SMARTS) is 2. The van der Waals surface area contributed by atoms with Crippen LogP contribution in [0.1, 0.15) is 10.5 Å². The van der Waals surface area contributed by atoms with Crippen LogP contribution in [0.3, 0.4) is 0 Å². The number of aromatic carboxylic acids is 1. The smallest absolute Gasteiger partial charge is 0.394 e. The van der Waals surface area contributed by atoms with Gasteiger partial charge in [-0.3, -0.25) is 4.79 Å². The molecule has 1 aliphatic rings. The zero-order valence-corrected chi connectivity index (χ0v) is 11.9. The van der Waals surface area contributed by atoms with E-state index < -0.39 is 49.1 Å². The molecule has 2 rings (SSSR count). The lowest BCUT2D eigenvalue weighted by Gasteiger charge is -2.18. The monoisotopic (exact) mass is 347 g/mol. The number of urea groups is 1. The van der Waals surface area contributed by atoms with Crippen molar-refractivity contribution in [3.63, 3.8) is 0 Å². The molecular formula is C13H12F3N3O5. The van der Waals surface area contributed by atoms with E-state index in [0.29, 0.717) is 0 Å². The summed E-state index contributed by atoms with van der Waals surface area (Å²) in [6, 6.07) is 1.35. The molecule has 1 saturated heterocycles. The standard InChI is InChI=1S/C13H12F3N3O5/c14-13(15,16)8-5-19(4-7(8)10(20)21)12(24)18-6-1-2-17-9(3-6)11(22)23/h1-3,7-8H,4-5H2,(H,20,21)(H,22,23)(H,17,18,24)/t7-,8-/m1/s1. The van der Waals surface area contributed by atoms with Crippen molar-refractivity contribution in [1.29, 1.82) is 0 Å². The minimum Gasteiger partial charge on any atom is -0.481 e. The van der Waals surface area contributed by atoms with Gasteiger partial charge in [0, 0.05) is 25.0 Å². The van der Waals surface area contributed by atoms with Crippen LogP contribution in [0, 0.1) is 11.8 Å². The molecule has 24 heavy (non-hydrogen) atoms. The largest absolute Gasteiger partial charge is 0.481 e. The van der Waals surface area contributed by atoms with Gasteiger partial charge < -0.3 is 20.4 Å². The summed E-state index contributed by atoms with van der Waals surface area (Å²) in [7, 11) is 0. The van der Waals surface area contributed by atoms with Crippen molar-refractivity contribution in [2.45, 2.75) is 6.18 Å². The number of alkyl halides is 3. The number of carbonyl (C=O) groups excluding carboxylic acids is 1. The van der Waals surface area contributed by atoms with Gasteiger partial charge in [0.2, 0.25) is 0 Å². The first-order valence-electron chi connectivity index (χ1n) is 6.64. The number of aliphatic carboxylic acids is 1. The van der Waals surface area contributed by atoms with Crippen LogP contribution in [-0.2, 0) is 4.79 Å². The van der Waals surface area contributed by atoms with E-state index in [4.69, 9.17) is 10.2 Å². The topological polar surface area (TPSA) is 120 Å². The molecule has 1 aromatic heterocycles. The normalized spacial score (nSPS) is 20.7.